The van der Waals surface area contributed by atoms with E-state index < -0.39 is 36.0 Å². The van der Waals surface area contributed by atoms with E-state index in [1.165, 1.54) is 13.0 Å². The van der Waals surface area contributed by atoms with Gasteiger partial charge in [-0.2, -0.15) is 0 Å². The molecule has 4 amide bonds. The molecule has 0 radical (unpaired) electrons. The molecular weight excluding hydrogens is 308 g/mol. The molecule has 10 nitrogen and oxygen atoms in total. The second-order valence-corrected chi connectivity index (χ2v) is 5.00. The second-order valence-electron chi connectivity index (χ2n) is 5.00. The summed E-state index contributed by atoms with van der Waals surface area (Å²) in [6, 6.07) is 0.162. The molecule has 0 bridgehead atoms. The van der Waals surface area contributed by atoms with Crippen LogP contribution in [0.2, 0.25) is 0 Å². The summed E-state index contributed by atoms with van der Waals surface area (Å²) >= 11 is 0. The largest absolute Gasteiger partial charge is 0.453 e. The summed E-state index contributed by atoms with van der Waals surface area (Å²) in [4.78, 5) is 45.7. The van der Waals surface area contributed by atoms with Gasteiger partial charge in [-0.1, -0.05) is 5.16 Å². The van der Waals surface area contributed by atoms with Crippen LogP contribution in [0.3, 0.4) is 0 Å². The molecule has 10 heteroatoms. The highest BCUT2D eigenvalue weighted by molar-refractivity contribution is 6.04. The number of hydrogen-bond donors (Lipinski definition) is 3. The van der Waals surface area contributed by atoms with Crippen molar-refractivity contribution in [2.75, 3.05) is 5.32 Å². The van der Waals surface area contributed by atoms with Gasteiger partial charge >= 0.3 is 12.0 Å². The standard InChI is InChI=1S/C13H16N4O6/c1-6-5-9(17-23-6)15-11(19)7(2)22-10(18)4-3-8-12(20)16-13(21)14-8/h5,7-8H,3-4H2,1-2H3,(H,15,17,19)(H2,14,16,20,21)/t7-,8-/m1/s1. The number of esters is 1. The first kappa shape index (κ1) is 16.5. The van der Waals surface area contributed by atoms with Crippen molar-refractivity contribution in [1.29, 1.82) is 0 Å². The first-order valence-electron chi connectivity index (χ1n) is 6.90. The van der Waals surface area contributed by atoms with Crippen LogP contribution in [0.25, 0.3) is 0 Å². The Bertz CT molecular complexity index is 640. The highest BCUT2D eigenvalue weighted by atomic mass is 16.5. The highest BCUT2D eigenvalue weighted by Gasteiger charge is 2.30. The molecule has 2 atom stereocenters. The Morgan fingerprint density at radius 1 is 1.48 bits per heavy atom. The fraction of sp³-hybridized carbons (Fsp3) is 0.462. The van der Waals surface area contributed by atoms with Crippen LogP contribution in [0.4, 0.5) is 10.6 Å². The number of urea groups is 1. The van der Waals surface area contributed by atoms with Gasteiger partial charge in [0.15, 0.2) is 11.9 Å². The molecule has 0 spiro atoms. The third kappa shape index (κ3) is 4.53. The van der Waals surface area contributed by atoms with Gasteiger partial charge in [-0.05, 0) is 20.3 Å². The van der Waals surface area contributed by atoms with E-state index >= 15 is 0 Å². The van der Waals surface area contributed by atoms with Crippen molar-refractivity contribution in [3.8, 4) is 0 Å². The molecule has 0 saturated carbocycles. The number of nitrogens with one attached hydrogen (secondary N) is 3. The summed E-state index contributed by atoms with van der Waals surface area (Å²) in [5.74, 6) is -0.950. The Hall–Kier alpha value is -2.91. The van der Waals surface area contributed by atoms with Crippen LogP contribution in [0, 0.1) is 6.92 Å². The van der Waals surface area contributed by atoms with Crippen LogP contribution in [0.15, 0.2) is 10.6 Å². The maximum atomic E-state index is 11.8. The Morgan fingerprint density at radius 3 is 2.78 bits per heavy atom. The summed E-state index contributed by atoms with van der Waals surface area (Å²) in [5, 5.41) is 10.4. The van der Waals surface area contributed by atoms with Crippen molar-refractivity contribution in [2.24, 2.45) is 0 Å². The number of carbonyl (C=O) groups excluding carboxylic acids is 4. The third-order valence-corrected chi connectivity index (χ3v) is 3.05. The second kappa shape index (κ2) is 6.90. The van der Waals surface area contributed by atoms with E-state index in [4.69, 9.17) is 9.26 Å². The minimum atomic E-state index is -1.04. The zero-order valence-corrected chi connectivity index (χ0v) is 12.5. The van der Waals surface area contributed by atoms with Crippen LogP contribution in [-0.2, 0) is 19.1 Å². The number of ether oxygens (including phenoxy) is 1. The van der Waals surface area contributed by atoms with Crippen molar-refractivity contribution < 1.29 is 28.4 Å². The van der Waals surface area contributed by atoms with Gasteiger partial charge in [-0.15, -0.1) is 0 Å². The van der Waals surface area contributed by atoms with Crippen LogP contribution in [0.1, 0.15) is 25.5 Å². The molecule has 1 aliphatic rings. The van der Waals surface area contributed by atoms with Gasteiger partial charge in [-0.3, -0.25) is 19.7 Å². The maximum absolute atomic E-state index is 11.8. The van der Waals surface area contributed by atoms with Gasteiger partial charge in [0.1, 0.15) is 11.8 Å². The zero-order valence-electron chi connectivity index (χ0n) is 12.5. The lowest BCUT2D eigenvalue weighted by molar-refractivity contribution is -0.153. The zero-order chi connectivity index (χ0) is 17.0. The third-order valence-electron chi connectivity index (χ3n) is 3.05. The lowest BCUT2D eigenvalue weighted by atomic mass is 10.1. The average Bonchev–Trinajstić information content (AvgIpc) is 3.01. The summed E-state index contributed by atoms with van der Waals surface area (Å²) in [6.45, 7) is 3.08. The minimum Gasteiger partial charge on any atom is -0.453 e. The summed E-state index contributed by atoms with van der Waals surface area (Å²) in [5.41, 5.74) is 0. The van der Waals surface area contributed by atoms with Crippen LogP contribution in [-0.4, -0.2) is 41.1 Å². The SMILES string of the molecule is Cc1cc(NC(=O)[C@@H](C)OC(=O)CC[C@H]2NC(=O)NC2=O)no1. The lowest BCUT2D eigenvalue weighted by Crippen LogP contribution is -2.32. The number of hydrogen-bond acceptors (Lipinski definition) is 7. The van der Waals surface area contributed by atoms with Gasteiger partial charge < -0.3 is 19.9 Å². The van der Waals surface area contributed by atoms with Crippen molar-refractivity contribution in [1.82, 2.24) is 15.8 Å². The Labute approximate surface area is 130 Å². The van der Waals surface area contributed by atoms with Gasteiger partial charge in [0.05, 0.1) is 0 Å². The number of carbonyl (C=O) groups is 4. The topological polar surface area (TPSA) is 140 Å². The molecule has 0 aromatic carbocycles. The molecule has 1 aromatic heterocycles. The molecule has 124 valence electrons. The average molecular weight is 324 g/mol. The number of anilines is 1. The Balaban J connectivity index is 1.74. The molecular formula is C13H16N4O6. The van der Waals surface area contributed by atoms with Crippen molar-refractivity contribution >= 4 is 29.6 Å². The van der Waals surface area contributed by atoms with Crippen molar-refractivity contribution in [2.45, 2.75) is 38.8 Å². The maximum Gasteiger partial charge on any atom is 0.322 e. The molecule has 2 heterocycles. The molecule has 1 fully saturated rings. The molecule has 1 saturated heterocycles. The van der Waals surface area contributed by atoms with E-state index in [9.17, 15) is 19.2 Å². The number of nitrogens with zero attached hydrogens (tertiary/aromatic N) is 1. The molecule has 23 heavy (non-hydrogen) atoms. The van der Waals surface area contributed by atoms with Crippen LogP contribution < -0.4 is 16.0 Å². The quantitative estimate of drug-likeness (QED) is 0.488. The van der Waals surface area contributed by atoms with E-state index in [1.807, 2.05) is 0 Å². The Morgan fingerprint density at radius 2 is 2.22 bits per heavy atom. The van der Waals surface area contributed by atoms with Gasteiger partial charge in [0.25, 0.3) is 11.8 Å². The highest BCUT2D eigenvalue weighted by Crippen LogP contribution is 2.09. The van der Waals surface area contributed by atoms with Crippen molar-refractivity contribution in [3.63, 3.8) is 0 Å². The molecule has 3 N–H and O–H groups in total. The Kier molecular flexibility index (Phi) is 4.94. The fourth-order valence-corrected chi connectivity index (χ4v) is 1.89. The normalized spacial score (nSPS) is 18.1. The number of aromatic nitrogens is 1. The van der Waals surface area contributed by atoms with Crippen molar-refractivity contribution in [3.05, 3.63) is 11.8 Å². The molecule has 0 unspecified atom stereocenters. The molecule has 1 aromatic rings. The van der Waals surface area contributed by atoms with E-state index in [0.717, 1.165) is 0 Å². The first-order valence-corrected chi connectivity index (χ1v) is 6.90. The van der Waals surface area contributed by atoms with E-state index in [1.54, 1.807) is 6.92 Å². The summed E-state index contributed by atoms with van der Waals surface area (Å²) in [6.07, 6.45) is -1.06. The van der Waals surface area contributed by atoms with E-state index in [2.05, 4.69) is 21.1 Å². The van der Waals surface area contributed by atoms with Gasteiger partial charge in [0.2, 0.25) is 0 Å². The predicted molar refractivity (Wildman–Crippen MR) is 75.1 cm³/mol. The van der Waals surface area contributed by atoms with Gasteiger partial charge in [-0.25, -0.2) is 4.79 Å². The minimum absolute atomic E-state index is 0.0905. The summed E-state index contributed by atoms with van der Waals surface area (Å²) in [7, 11) is 0. The monoisotopic (exact) mass is 324 g/mol. The number of rotatable bonds is 6. The predicted octanol–water partition coefficient (Wildman–Crippen LogP) is -0.159. The summed E-state index contributed by atoms with van der Waals surface area (Å²) < 4.78 is 9.75. The van der Waals surface area contributed by atoms with Gasteiger partial charge in [0, 0.05) is 12.5 Å². The first-order chi connectivity index (χ1) is 10.8. The lowest BCUT2D eigenvalue weighted by Gasteiger charge is -2.13. The smallest absolute Gasteiger partial charge is 0.322 e. The molecule has 2 rings (SSSR count). The van der Waals surface area contributed by atoms with Crippen LogP contribution >= 0.6 is 0 Å². The van der Waals surface area contributed by atoms with Crippen LogP contribution in [0.5, 0.6) is 0 Å². The van der Waals surface area contributed by atoms with E-state index in [0.29, 0.717) is 5.76 Å². The number of imide groups is 1. The van der Waals surface area contributed by atoms with E-state index in [-0.39, 0.29) is 18.7 Å². The molecule has 1 aliphatic heterocycles. The molecule has 0 aliphatic carbocycles. The number of aryl methyl sites for hydroxylation is 1. The fourth-order valence-electron chi connectivity index (χ4n) is 1.89. The number of amides is 4.